The van der Waals surface area contributed by atoms with E-state index in [1.54, 1.807) is 30.5 Å². The standard InChI is InChI=1S/C20H20N4O3/c1-21-20(26)24-16-9-5-8-15(12-16)23-18(25)10-11-19-22-13-17(27-19)14-6-3-2-4-7-14/h2-9,12-13H,10-11H2,1H3,(H,23,25)(H2,21,24,26). The summed E-state index contributed by atoms with van der Waals surface area (Å²) < 4.78 is 5.70. The average molecular weight is 364 g/mol. The van der Waals surface area contributed by atoms with Gasteiger partial charge in [0.15, 0.2) is 11.7 Å². The Kier molecular flexibility index (Phi) is 5.84. The Morgan fingerprint density at radius 2 is 1.74 bits per heavy atom. The molecule has 138 valence electrons. The lowest BCUT2D eigenvalue weighted by molar-refractivity contribution is -0.116. The molecule has 1 heterocycles. The first-order valence-corrected chi connectivity index (χ1v) is 8.53. The third-order valence-electron chi connectivity index (χ3n) is 3.81. The largest absolute Gasteiger partial charge is 0.441 e. The van der Waals surface area contributed by atoms with E-state index in [0.717, 1.165) is 5.56 Å². The van der Waals surface area contributed by atoms with Gasteiger partial charge in [-0.1, -0.05) is 36.4 Å². The summed E-state index contributed by atoms with van der Waals surface area (Å²) in [6.07, 6.45) is 2.30. The fourth-order valence-electron chi connectivity index (χ4n) is 2.47. The number of anilines is 2. The fraction of sp³-hybridized carbons (Fsp3) is 0.150. The first-order valence-electron chi connectivity index (χ1n) is 8.53. The third kappa shape index (κ3) is 5.18. The topological polar surface area (TPSA) is 96.3 Å². The number of aromatic nitrogens is 1. The summed E-state index contributed by atoms with van der Waals surface area (Å²) in [5.74, 6) is 1.03. The van der Waals surface area contributed by atoms with E-state index in [-0.39, 0.29) is 18.4 Å². The molecule has 3 aromatic rings. The van der Waals surface area contributed by atoms with Crippen LogP contribution in [-0.2, 0) is 11.2 Å². The summed E-state index contributed by atoms with van der Waals surface area (Å²) in [5.41, 5.74) is 2.14. The molecule has 7 nitrogen and oxygen atoms in total. The highest BCUT2D eigenvalue weighted by Crippen LogP contribution is 2.20. The van der Waals surface area contributed by atoms with Gasteiger partial charge < -0.3 is 20.4 Å². The van der Waals surface area contributed by atoms with Crippen LogP contribution in [0.5, 0.6) is 0 Å². The van der Waals surface area contributed by atoms with Crippen LogP contribution in [0.1, 0.15) is 12.3 Å². The molecule has 3 N–H and O–H groups in total. The molecule has 7 heteroatoms. The summed E-state index contributed by atoms with van der Waals surface area (Å²) in [5, 5.41) is 7.93. The van der Waals surface area contributed by atoms with Gasteiger partial charge in [-0.2, -0.15) is 0 Å². The van der Waals surface area contributed by atoms with Gasteiger partial charge in [0.05, 0.1) is 6.20 Å². The van der Waals surface area contributed by atoms with E-state index in [1.807, 2.05) is 30.3 Å². The van der Waals surface area contributed by atoms with Gasteiger partial charge in [0.2, 0.25) is 5.91 Å². The second kappa shape index (κ2) is 8.66. The quantitative estimate of drug-likeness (QED) is 0.622. The van der Waals surface area contributed by atoms with E-state index >= 15 is 0 Å². The molecule has 2 aromatic carbocycles. The number of rotatable bonds is 6. The fourth-order valence-corrected chi connectivity index (χ4v) is 2.47. The molecule has 0 aliphatic heterocycles. The molecule has 0 saturated carbocycles. The minimum Gasteiger partial charge on any atom is -0.441 e. The van der Waals surface area contributed by atoms with Gasteiger partial charge in [0.1, 0.15) is 0 Å². The highest BCUT2D eigenvalue weighted by molar-refractivity contribution is 5.93. The Morgan fingerprint density at radius 1 is 1.00 bits per heavy atom. The Hall–Kier alpha value is -3.61. The molecule has 0 bridgehead atoms. The van der Waals surface area contributed by atoms with Crippen molar-refractivity contribution >= 4 is 23.3 Å². The highest BCUT2D eigenvalue weighted by atomic mass is 16.4. The van der Waals surface area contributed by atoms with Crippen molar-refractivity contribution < 1.29 is 14.0 Å². The lowest BCUT2D eigenvalue weighted by atomic mass is 10.2. The Bertz CT molecular complexity index is 922. The van der Waals surface area contributed by atoms with Crippen molar-refractivity contribution in [1.29, 1.82) is 0 Å². The number of carbonyl (C=O) groups excluding carboxylic acids is 2. The number of hydrogen-bond acceptors (Lipinski definition) is 4. The Balaban J connectivity index is 1.54. The number of benzene rings is 2. The van der Waals surface area contributed by atoms with Crippen molar-refractivity contribution in [1.82, 2.24) is 10.3 Å². The van der Waals surface area contributed by atoms with Gasteiger partial charge >= 0.3 is 6.03 Å². The van der Waals surface area contributed by atoms with Gasteiger partial charge in [-0.25, -0.2) is 9.78 Å². The van der Waals surface area contributed by atoms with Crippen LogP contribution in [0.25, 0.3) is 11.3 Å². The smallest absolute Gasteiger partial charge is 0.318 e. The van der Waals surface area contributed by atoms with E-state index in [1.165, 1.54) is 7.05 Å². The molecular weight excluding hydrogens is 344 g/mol. The van der Waals surface area contributed by atoms with E-state index in [0.29, 0.717) is 29.4 Å². The first kappa shape index (κ1) is 18.2. The first-order chi connectivity index (χ1) is 13.1. The van der Waals surface area contributed by atoms with Crippen LogP contribution in [0.2, 0.25) is 0 Å². The second-order valence-electron chi connectivity index (χ2n) is 5.82. The maximum Gasteiger partial charge on any atom is 0.318 e. The number of carbonyl (C=O) groups is 2. The van der Waals surface area contributed by atoms with Gasteiger partial charge in [-0.3, -0.25) is 4.79 Å². The van der Waals surface area contributed by atoms with Crippen LogP contribution in [0.15, 0.2) is 65.2 Å². The normalized spacial score (nSPS) is 10.3. The van der Waals surface area contributed by atoms with Gasteiger partial charge in [0.25, 0.3) is 0 Å². The summed E-state index contributed by atoms with van der Waals surface area (Å²) in [6.45, 7) is 0. The highest BCUT2D eigenvalue weighted by Gasteiger charge is 2.09. The lowest BCUT2D eigenvalue weighted by Gasteiger charge is -2.08. The number of aryl methyl sites for hydroxylation is 1. The Labute approximate surface area is 156 Å². The van der Waals surface area contributed by atoms with Gasteiger partial charge in [-0.15, -0.1) is 0 Å². The molecule has 0 aliphatic carbocycles. The van der Waals surface area contributed by atoms with E-state index in [4.69, 9.17) is 4.42 Å². The van der Waals surface area contributed by atoms with Crippen molar-refractivity contribution in [2.24, 2.45) is 0 Å². The van der Waals surface area contributed by atoms with Crippen LogP contribution < -0.4 is 16.0 Å². The summed E-state index contributed by atoms with van der Waals surface area (Å²) in [6, 6.07) is 16.3. The molecule has 27 heavy (non-hydrogen) atoms. The van der Waals surface area contributed by atoms with Crippen molar-refractivity contribution in [3.63, 3.8) is 0 Å². The third-order valence-corrected chi connectivity index (χ3v) is 3.81. The Morgan fingerprint density at radius 3 is 2.48 bits per heavy atom. The predicted octanol–water partition coefficient (Wildman–Crippen LogP) is 3.66. The van der Waals surface area contributed by atoms with Crippen LogP contribution in [-0.4, -0.2) is 24.0 Å². The molecule has 0 unspecified atom stereocenters. The van der Waals surface area contributed by atoms with Crippen LogP contribution >= 0.6 is 0 Å². The molecule has 0 saturated heterocycles. The zero-order valence-corrected chi connectivity index (χ0v) is 14.9. The predicted molar refractivity (Wildman–Crippen MR) is 103 cm³/mol. The average Bonchev–Trinajstić information content (AvgIpc) is 3.16. The monoisotopic (exact) mass is 364 g/mol. The minimum absolute atomic E-state index is 0.161. The van der Waals surface area contributed by atoms with Crippen molar-refractivity contribution in [3.8, 4) is 11.3 Å². The van der Waals surface area contributed by atoms with Crippen molar-refractivity contribution in [2.45, 2.75) is 12.8 Å². The molecule has 0 fully saturated rings. The number of nitrogens with zero attached hydrogens (tertiary/aromatic N) is 1. The maximum atomic E-state index is 12.2. The number of hydrogen-bond donors (Lipinski definition) is 3. The van der Waals surface area contributed by atoms with Crippen LogP contribution in [0.3, 0.4) is 0 Å². The molecule has 0 atom stereocenters. The van der Waals surface area contributed by atoms with Gasteiger partial charge in [0, 0.05) is 36.8 Å². The number of oxazole rings is 1. The van der Waals surface area contributed by atoms with E-state index < -0.39 is 0 Å². The van der Waals surface area contributed by atoms with E-state index in [2.05, 4.69) is 20.9 Å². The zero-order chi connectivity index (χ0) is 19.1. The number of urea groups is 1. The zero-order valence-electron chi connectivity index (χ0n) is 14.9. The van der Waals surface area contributed by atoms with E-state index in [9.17, 15) is 9.59 Å². The molecule has 3 amide bonds. The van der Waals surface area contributed by atoms with Crippen LogP contribution in [0.4, 0.5) is 16.2 Å². The molecule has 0 radical (unpaired) electrons. The second-order valence-corrected chi connectivity index (χ2v) is 5.82. The lowest BCUT2D eigenvalue weighted by Crippen LogP contribution is -2.24. The van der Waals surface area contributed by atoms with Crippen LogP contribution in [0, 0.1) is 0 Å². The molecule has 1 aromatic heterocycles. The molecule has 0 aliphatic rings. The molecule has 0 spiro atoms. The minimum atomic E-state index is -0.323. The maximum absolute atomic E-state index is 12.2. The van der Waals surface area contributed by atoms with Crippen molar-refractivity contribution in [3.05, 3.63) is 66.7 Å². The summed E-state index contributed by atoms with van der Waals surface area (Å²) in [4.78, 5) is 27.8. The molecule has 3 rings (SSSR count). The van der Waals surface area contributed by atoms with Crippen molar-refractivity contribution in [2.75, 3.05) is 17.7 Å². The number of nitrogens with one attached hydrogen (secondary N) is 3. The summed E-state index contributed by atoms with van der Waals surface area (Å²) in [7, 11) is 1.53. The van der Waals surface area contributed by atoms with Gasteiger partial charge in [-0.05, 0) is 18.2 Å². The SMILES string of the molecule is CNC(=O)Nc1cccc(NC(=O)CCc2ncc(-c3ccccc3)o2)c1. The molecular formula is C20H20N4O3. The number of amides is 3. The summed E-state index contributed by atoms with van der Waals surface area (Å²) >= 11 is 0.